The van der Waals surface area contributed by atoms with Crippen LogP contribution in [0.1, 0.15) is 11.1 Å². The van der Waals surface area contributed by atoms with E-state index in [-0.39, 0.29) is 4.90 Å². The van der Waals surface area contributed by atoms with Crippen LogP contribution in [0.25, 0.3) is 0 Å². The van der Waals surface area contributed by atoms with Crippen molar-refractivity contribution in [1.29, 1.82) is 5.26 Å². The van der Waals surface area contributed by atoms with Crippen LogP contribution in [-0.2, 0) is 10.0 Å². The highest BCUT2D eigenvalue weighted by Crippen LogP contribution is 2.24. The van der Waals surface area contributed by atoms with Crippen molar-refractivity contribution in [3.63, 3.8) is 0 Å². The molecule has 142 valence electrons. The molecule has 0 saturated carbocycles. The molecule has 2 N–H and O–H groups in total. The molecule has 0 fully saturated rings. The summed E-state index contributed by atoms with van der Waals surface area (Å²) >= 11 is 0. The smallest absolute Gasteiger partial charge is 0.262 e. The van der Waals surface area contributed by atoms with Crippen molar-refractivity contribution in [2.75, 3.05) is 17.1 Å². The third-order valence-electron chi connectivity index (χ3n) is 3.97. The Kier molecular flexibility index (Phi) is 5.47. The quantitative estimate of drug-likeness (QED) is 0.659. The van der Waals surface area contributed by atoms with Crippen LogP contribution in [0.2, 0.25) is 0 Å². The zero-order valence-electron chi connectivity index (χ0n) is 15.3. The van der Waals surface area contributed by atoms with Crippen LogP contribution in [0.4, 0.5) is 17.2 Å². The van der Waals surface area contributed by atoms with Gasteiger partial charge in [0.15, 0.2) is 0 Å². The predicted octanol–water partition coefficient (Wildman–Crippen LogP) is 3.81. The lowest BCUT2D eigenvalue weighted by Gasteiger charge is -2.12. The molecule has 0 aliphatic rings. The molecule has 8 heteroatoms. The van der Waals surface area contributed by atoms with Crippen LogP contribution >= 0.6 is 0 Å². The molecule has 0 aliphatic carbocycles. The molecule has 28 heavy (non-hydrogen) atoms. The number of ether oxygens (including phenoxy) is 1. The summed E-state index contributed by atoms with van der Waals surface area (Å²) in [4.78, 5) is 4.40. The number of hydrogen-bond donors (Lipinski definition) is 2. The van der Waals surface area contributed by atoms with E-state index in [9.17, 15) is 8.42 Å². The Labute approximate surface area is 163 Å². The van der Waals surface area contributed by atoms with Crippen LogP contribution < -0.4 is 14.8 Å². The molecule has 0 amide bonds. The molecular formula is C20H18N4O3S. The van der Waals surface area contributed by atoms with E-state index in [0.717, 1.165) is 5.69 Å². The number of methoxy groups -OCH3 is 1. The molecular weight excluding hydrogens is 376 g/mol. The maximum Gasteiger partial charge on any atom is 0.262 e. The molecule has 0 bridgehead atoms. The van der Waals surface area contributed by atoms with Crippen molar-refractivity contribution in [3.05, 3.63) is 71.9 Å². The van der Waals surface area contributed by atoms with Gasteiger partial charge in [0.25, 0.3) is 10.0 Å². The molecule has 3 aromatic rings. The highest BCUT2D eigenvalue weighted by molar-refractivity contribution is 7.92. The lowest BCUT2D eigenvalue weighted by molar-refractivity contribution is 0.414. The minimum absolute atomic E-state index is 0.174. The Morgan fingerprint density at radius 1 is 1.04 bits per heavy atom. The summed E-state index contributed by atoms with van der Waals surface area (Å²) < 4.78 is 32.9. The molecule has 3 rings (SSSR count). The number of nitrogens with zero attached hydrogens (tertiary/aromatic N) is 2. The third-order valence-corrected chi connectivity index (χ3v) is 5.52. The fraction of sp³-hybridized carbons (Fsp3) is 0.100. The van der Waals surface area contributed by atoms with Crippen LogP contribution in [0, 0.1) is 18.3 Å². The Bertz CT molecular complexity index is 1120. The summed E-state index contributed by atoms with van der Waals surface area (Å²) in [6.07, 6.45) is 1.43. The lowest BCUT2D eigenvalue weighted by atomic mass is 10.2. The molecule has 0 unspecified atom stereocenters. The molecule has 0 radical (unpaired) electrons. The predicted molar refractivity (Wildman–Crippen MR) is 107 cm³/mol. The van der Waals surface area contributed by atoms with E-state index in [1.54, 1.807) is 55.5 Å². The Balaban J connectivity index is 1.73. The Hall–Kier alpha value is -3.57. The number of aryl methyl sites for hydroxylation is 1. The Morgan fingerprint density at radius 3 is 2.32 bits per heavy atom. The number of sulfonamides is 1. The zero-order chi connectivity index (χ0) is 20.1. The first-order valence-corrected chi connectivity index (χ1v) is 9.80. The topological polar surface area (TPSA) is 104 Å². The van der Waals surface area contributed by atoms with Gasteiger partial charge < -0.3 is 10.1 Å². The number of pyridine rings is 1. The minimum Gasteiger partial charge on any atom is -0.497 e. The molecule has 0 atom stereocenters. The fourth-order valence-electron chi connectivity index (χ4n) is 2.56. The lowest BCUT2D eigenvalue weighted by Crippen LogP contribution is -2.14. The van der Waals surface area contributed by atoms with E-state index in [4.69, 9.17) is 10.00 Å². The van der Waals surface area contributed by atoms with Gasteiger partial charge in [-0.25, -0.2) is 13.4 Å². The number of anilines is 3. The van der Waals surface area contributed by atoms with Gasteiger partial charge in [-0.05, 0) is 67.1 Å². The molecule has 2 aromatic carbocycles. The average Bonchev–Trinajstić information content (AvgIpc) is 2.69. The van der Waals surface area contributed by atoms with Gasteiger partial charge in [-0.15, -0.1) is 0 Å². The van der Waals surface area contributed by atoms with E-state index in [2.05, 4.69) is 21.1 Å². The number of hydrogen-bond acceptors (Lipinski definition) is 6. The van der Waals surface area contributed by atoms with E-state index < -0.39 is 10.0 Å². The van der Waals surface area contributed by atoms with E-state index in [1.807, 2.05) is 0 Å². The number of nitriles is 1. The maximum atomic E-state index is 12.6. The van der Waals surface area contributed by atoms with Gasteiger partial charge in [0.2, 0.25) is 0 Å². The number of benzene rings is 2. The molecule has 0 saturated heterocycles. The van der Waals surface area contributed by atoms with Gasteiger partial charge in [0, 0.05) is 5.69 Å². The average molecular weight is 394 g/mol. The fourth-order valence-corrected chi connectivity index (χ4v) is 3.84. The molecule has 7 nitrogen and oxygen atoms in total. The minimum atomic E-state index is -3.75. The van der Waals surface area contributed by atoms with Crippen LogP contribution in [-0.4, -0.2) is 20.5 Å². The van der Waals surface area contributed by atoms with Gasteiger partial charge in [-0.3, -0.25) is 4.72 Å². The molecule has 0 aliphatic heterocycles. The van der Waals surface area contributed by atoms with Crippen molar-refractivity contribution in [2.45, 2.75) is 11.8 Å². The first-order valence-electron chi connectivity index (χ1n) is 8.32. The second kappa shape index (κ2) is 7.98. The van der Waals surface area contributed by atoms with Gasteiger partial charge in [0.1, 0.15) is 11.6 Å². The van der Waals surface area contributed by atoms with E-state index in [0.29, 0.717) is 28.4 Å². The number of aromatic nitrogens is 1. The van der Waals surface area contributed by atoms with Crippen molar-refractivity contribution < 1.29 is 13.2 Å². The second-order valence-corrected chi connectivity index (χ2v) is 7.63. The van der Waals surface area contributed by atoms with Crippen molar-refractivity contribution in [3.8, 4) is 11.8 Å². The summed E-state index contributed by atoms with van der Waals surface area (Å²) in [6.45, 7) is 1.71. The summed E-state index contributed by atoms with van der Waals surface area (Å²) in [5.41, 5.74) is 2.27. The van der Waals surface area contributed by atoms with Gasteiger partial charge in [-0.1, -0.05) is 0 Å². The van der Waals surface area contributed by atoms with Gasteiger partial charge >= 0.3 is 0 Å². The Morgan fingerprint density at radius 2 is 1.75 bits per heavy atom. The molecule has 0 spiro atoms. The van der Waals surface area contributed by atoms with Gasteiger partial charge in [0.05, 0.1) is 35.5 Å². The van der Waals surface area contributed by atoms with E-state index in [1.165, 1.54) is 19.4 Å². The standard InChI is InChI=1S/C20H18N4O3S/c1-14-11-18(27-2)8-9-19(14)28(25,26)24-17-7-10-20(22-13-17)23-16-5-3-15(12-21)4-6-16/h3-11,13,24H,1-2H3,(H,22,23). The second-order valence-electron chi connectivity index (χ2n) is 5.98. The first-order chi connectivity index (χ1) is 13.4. The highest BCUT2D eigenvalue weighted by Gasteiger charge is 2.17. The normalized spacial score (nSPS) is 10.8. The van der Waals surface area contributed by atoms with Crippen LogP contribution in [0.5, 0.6) is 5.75 Å². The highest BCUT2D eigenvalue weighted by atomic mass is 32.2. The van der Waals surface area contributed by atoms with Gasteiger partial charge in [-0.2, -0.15) is 5.26 Å². The van der Waals surface area contributed by atoms with Crippen molar-refractivity contribution in [1.82, 2.24) is 4.98 Å². The maximum absolute atomic E-state index is 12.6. The largest absolute Gasteiger partial charge is 0.497 e. The summed E-state index contributed by atoms with van der Waals surface area (Å²) in [7, 11) is -2.22. The molecule has 1 heterocycles. The summed E-state index contributed by atoms with van der Waals surface area (Å²) in [5, 5.41) is 11.9. The summed E-state index contributed by atoms with van der Waals surface area (Å²) in [6, 6.07) is 17.0. The number of rotatable bonds is 6. The summed E-state index contributed by atoms with van der Waals surface area (Å²) in [5.74, 6) is 1.14. The van der Waals surface area contributed by atoms with Crippen LogP contribution in [0.15, 0.2) is 65.7 Å². The monoisotopic (exact) mass is 394 g/mol. The third kappa shape index (κ3) is 4.39. The zero-order valence-corrected chi connectivity index (χ0v) is 16.1. The first kappa shape index (κ1) is 19.2. The van der Waals surface area contributed by atoms with E-state index >= 15 is 0 Å². The number of nitrogens with one attached hydrogen (secondary N) is 2. The van der Waals surface area contributed by atoms with Crippen molar-refractivity contribution in [2.24, 2.45) is 0 Å². The molecule has 1 aromatic heterocycles. The SMILES string of the molecule is COc1ccc(S(=O)(=O)Nc2ccc(Nc3ccc(C#N)cc3)nc2)c(C)c1. The van der Waals surface area contributed by atoms with Crippen LogP contribution in [0.3, 0.4) is 0 Å². The van der Waals surface area contributed by atoms with Crippen molar-refractivity contribution >= 4 is 27.2 Å².